The predicted molar refractivity (Wildman–Crippen MR) is 22.6 cm³/mol. The molecule has 0 spiro atoms. The fraction of sp³-hybridized carbons (Fsp3) is 1.00. The van der Waals surface area contributed by atoms with Gasteiger partial charge in [0.2, 0.25) is 0 Å². The molecular formula is CHF3NaO2S. The van der Waals surface area contributed by atoms with Crippen LogP contribution in [0.1, 0.15) is 0 Å². The van der Waals surface area contributed by atoms with Crippen molar-refractivity contribution in [1.82, 2.24) is 0 Å². The SMILES string of the molecule is O=S(O)C(F)(F)F.[Na]. The summed E-state index contributed by atoms with van der Waals surface area (Å²) in [5, 5.41) is 0. The summed E-state index contributed by atoms with van der Waals surface area (Å²) in [5.74, 6) is 0. The van der Waals surface area contributed by atoms with Crippen LogP contribution in [0.4, 0.5) is 13.2 Å². The minimum atomic E-state index is -4.97. The van der Waals surface area contributed by atoms with Crippen LogP contribution in [0.25, 0.3) is 0 Å². The van der Waals surface area contributed by atoms with Crippen LogP contribution in [0.3, 0.4) is 0 Å². The topological polar surface area (TPSA) is 37.3 Å². The first-order valence-corrected chi connectivity index (χ1v) is 2.23. The van der Waals surface area contributed by atoms with E-state index in [-0.39, 0.29) is 29.6 Å². The first-order chi connectivity index (χ1) is 2.94. The summed E-state index contributed by atoms with van der Waals surface area (Å²) in [4.78, 5) is 0. The van der Waals surface area contributed by atoms with Crippen LogP contribution in [-0.2, 0) is 11.1 Å². The Morgan fingerprint density at radius 1 is 1.38 bits per heavy atom. The maximum Gasteiger partial charge on any atom is 0.496 e. The Kier molecular flexibility index (Phi) is 5.60. The summed E-state index contributed by atoms with van der Waals surface area (Å²) < 4.78 is 48.1. The van der Waals surface area contributed by atoms with E-state index in [2.05, 4.69) is 0 Å². The second kappa shape index (κ2) is 3.84. The minimum Gasteiger partial charge on any atom is -0.299 e. The molecule has 0 aromatic carbocycles. The van der Waals surface area contributed by atoms with Crippen LogP contribution in [0.5, 0.6) is 0 Å². The van der Waals surface area contributed by atoms with E-state index in [1.165, 1.54) is 0 Å². The van der Waals surface area contributed by atoms with E-state index in [1.54, 1.807) is 0 Å². The normalized spacial score (nSPS) is 14.5. The van der Waals surface area contributed by atoms with Crippen molar-refractivity contribution in [1.29, 1.82) is 0 Å². The van der Waals surface area contributed by atoms with Gasteiger partial charge in [-0.2, -0.15) is 13.2 Å². The van der Waals surface area contributed by atoms with E-state index < -0.39 is 16.6 Å². The average molecular weight is 157 g/mol. The summed E-state index contributed by atoms with van der Waals surface area (Å²) in [6.45, 7) is 0. The Bertz CT molecular complexity index is 89.8. The largest absolute Gasteiger partial charge is 0.496 e. The molecule has 0 amide bonds. The minimum absolute atomic E-state index is 0. The Balaban J connectivity index is 0. The molecule has 1 N–H and O–H groups in total. The van der Waals surface area contributed by atoms with Crippen molar-refractivity contribution < 1.29 is 21.9 Å². The molecule has 0 saturated carbocycles. The second-order valence-electron chi connectivity index (χ2n) is 0.695. The molecule has 45 valence electrons. The van der Waals surface area contributed by atoms with Gasteiger partial charge < -0.3 is 0 Å². The Labute approximate surface area is 68.0 Å². The fourth-order valence-corrected chi connectivity index (χ4v) is 0. The van der Waals surface area contributed by atoms with E-state index in [1.807, 2.05) is 0 Å². The maximum atomic E-state index is 10.6. The molecule has 0 aliphatic rings. The zero-order chi connectivity index (χ0) is 6.08. The summed E-state index contributed by atoms with van der Waals surface area (Å²) in [6.07, 6.45) is 0. The smallest absolute Gasteiger partial charge is 0.299 e. The molecule has 0 aliphatic heterocycles. The quantitative estimate of drug-likeness (QED) is 0.407. The van der Waals surface area contributed by atoms with Crippen molar-refractivity contribution in [3.05, 3.63) is 0 Å². The van der Waals surface area contributed by atoms with E-state index in [0.29, 0.717) is 0 Å². The van der Waals surface area contributed by atoms with Gasteiger partial charge in [0.1, 0.15) is 0 Å². The van der Waals surface area contributed by atoms with Crippen LogP contribution >= 0.6 is 0 Å². The average Bonchev–Trinajstić information content (AvgIpc) is 1.31. The monoisotopic (exact) mass is 157 g/mol. The molecule has 0 bridgehead atoms. The van der Waals surface area contributed by atoms with Crippen LogP contribution in [0, 0.1) is 0 Å². The molecule has 0 aliphatic carbocycles. The van der Waals surface area contributed by atoms with Crippen molar-refractivity contribution in [3.8, 4) is 0 Å². The van der Waals surface area contributed by atoms with Crippen molar-refractivity contribution in [2.45, 2.75) is 5.51 Å². The molecular weight excluding hydrogens is 156 g/mol. The van der Waals surface area contributed by atoms with Gasteiger partial charge in [-0.3, -0.25) is 4.55 Å². The Morgan fingerprint density at radius 3 is 1.50 bits per heavy atom. The molecule has 0 rings (SSSR count). The van der Waals surface area contributed by atoms with Gasteiger partial charge in [-0.25, -0.2) is 4.21 Å². The number of hydrogen-bond donors (Lipinski definition) is 1. The maximum absolute atomic E-state index is 10.6. The number of hydrogen-bond acceptors (Lipinski definition) is 1. The van der Waals surface area contributed by atoms with Gasteiger partial charge in [-0.1, -0.05) is 0 Å². The van der Waals surface area contributed by atoms with Gasteiger partial charge in [-0.15, -0.1) is 0 Å². The zero-order valence-electron chi connectivity index (χ0n) is 3.90. The van der Waals surface area contributed by atoms with E-state index >= 15 is 0 Å². The van der Waals surface area contributed by atoms with Gasteiger partial charge in [0.25, 0.3) is 11.1 Å². The molecule has 0 fully saturated rings. The summed E-state index contributed by atoms with van der Waals surface area (Å²) in [7, 11) is 0. The van der Waals surface area contributed by atoms with Gasteiger partial charge in [0, 0.05) is 29.6 Å². The molecule has 0 heterocycles. The molecule has 7 heteroatoms. The summed E-state index contributed by atoms with van der Waals surface area (Å²) >= 11 is -3.68. The van der Waals surface area contributed by atoms with Gasteiger partial charge >= 0.3 is 5.51 Å². The standard InChI is InChI=1S/CHF3O2S.Na/c2-1(3,4)7(5)6;/h(H,5,6);. The second-order valence-corrected chi connectivity index (χ2v) is 1.66. The third-order valence-electron chi connectivity index (χ3n) is 0.198. The molecule has 0 aromatic heterocycles. The third-order valence-corrected chi connectivity index (χ3v) is 0.594. The Hall–Kier alpha value is 0.900. The zero-order valence-corrected chi connectivity index (χ0v) is 6.71. The van der Waals surface area contributed by atoms with Crippen molar-refractivity contribution in [2.24, 2.45) is 0 Å². The summed E-state index contributed by atoms with van der Waals surface area (Å²) in [6, 6.07) is 0. The van der Waals surface area contributed by atoms with Gasteiger partial charge in [0.15, 0.2) is 0 Å². The molecule has 0 aromatic rings. The van der Waals surface area contributed by atoms with Crippen molar-refractivity contribution in [3.63, 3.8) is 0 Å². The number of rotatable bonds is 0. The Morgan fingerprint density at radius 2 is 1.50 bits per heavy atom. The van der Waals surface area contributed by atoms with E-state index in [9.17, 15) is 13.2 Å². The molecule has 1 radical (unpaired) electrons. The molecule has 1 unspecified atom stereocenters. The van der Waals surface area contributed by atoms with Crippen LogP contribution < -0.4 is 0 Å². The van der Waals surface area contributed by atoms with Gasteiger partial charge in [-0.05, 0) is 0 Å². The number of halogens is 3. The first kappa shape index (κ1) is 11.7. The van der Waals surface area contributed by atoms with Crippen LogP contribution in [0.15, 0.2) is 0 Å². The van der Waals surface area contributed by atoms with Crippen molar-refractivity contribution in [2.75, 3.05) is 0 Å². The van der Waals surface area contributed by atoms with Crippen LogP contribution in [-0.4, -0.2) is 43.8 Å². The molecule has 8 heavy (non-hydrogen) atoms. The molecule has 1 atom stereocenters. The summed E-state index contributed by atoms with van der Waals surface area (Å²) in [5.41, 5.74) is -4.97. The predicted octanol–water partition coefficient (Wildman–Crippen LogP) is 0.347. The van der Waals surface area contributed by atoms with Crippen LogP contribution in [0.2, 0.25) is 0 Å². The van der Waals surface area contributed by atoms with Crippen molar-refractivity contribution >= 4 is 40.6 Å². The third kappa shape index (κ3) is 5.04. The molecule has 2 nitrogen and oxygen atoms in total. The van der Waals surface area contributed by atoms with E-state index in [4.69, 9.17) is 8.76 Å². The first-order valence-electron chi connectivity index (χ1n) is 1.12. The van der Waals surface area contributed by atoms with Gasteiger partial charge in [0.05, 0.1) is 0 Å². The number of alkyl halides is 3. The molecule has 0 saturated heterocycles. The fourth-order valence-electron chi connectivity index (χ4n) is 0. The van der Waals surface area contributed by atoms with E-state index in [0.717, 1.165) is 0 Å².